The van der Waals surface area contributed by atoms with Crippen LogP contribution in [0.15, 0.2) is 27.5 Å². The Morgan fingerprint density at radius 2 is 2.03 bits per heavy atom. The van der Waals surface area contributed by atoms with E-state index >= 15 is 0 Å². The fourth-order valence-corrected chi connectivity index (χ4v) is 4.13. The molecule has 4 aromatic heterocycles. The Hall–Kier alpha value is -4.08. The van der Waals surface area contributed by atoms with Crippen molar-refractivity contribution >= 4 is 11.0 Å². The number of nitrogens with zero attached hydrogens (tertiary/aromatic N) is 7. The molecule has 0 amide bonds. The average Bonchev–Trinajstić information content (AvgIpc) is 3.35. The Kier molecular flexibility index (Phi) is 4.96. The SMILES string of the molecule is Cc1nnc([C@H]2CC[C@H]2c2nc3c(c(C#N)nn3[C@H](C)c3ccc(C(F)(F)F)nc3)c(=O)[nH]2)o1. The summed E-state index contributed by atoms with van der Waals surface area (Å²) in [4.78, 5) is 23.8. The average molecular weight is 470 g/mol. The maximum atomic E-state index is 12.9. The lowest BCUT2D eigenvalue weighted by atomic mass is 9.73. The lowest BCUT2D eigenvalue weighted by molar-refractivity contribution is -0.141. The predicted octanol–water partition coefficient (Wildman–Crippen LogP) is 3.37. The second-order valence-corrected chi connectivity index (χ2v) is 8.15. The lowest BCUT2D eigenvalue weighted by Crippen LogP contribution is -2.27. The summed E-state index contributed by atoms with van der Waals surface area (Å²) >= 11 is 0. The zero-order valence-electron chi connectivity index (χ0n) is 18.0. The van der Waals surface area contributed by atoms with E-state index in [0.717, 1.165) is 25.1 Å². The quantitative estimate of drug-likeness (QED) is 0.479. The zero-order chi connectivity index (χ0) is 24.2. The molecule has 4 heterocycles. The van der Waals surface area contributed by atoms with Crippen LogP contribution in [0.3, 0.4) is 0 Å². The van der Waals surface area contributed by atoms with Crippen molar-refractivity contribution < 1.29 is 17.6 Å². The minimum Gasteiger partial charge on any atom is -0.425 e. The fraction of sp³-hybridized carbons (Fsp3) is 0.381. The number of halogens is 3. The maximum absolute atomic E-state index is 12.9. The number of aromatic nitrogens is 7. The van der Waals surface area contributed by atoms with Gasteiger partial charge in [0.25, 0.3) is 5.56 Å². The van der Waals surface area contributed by atoms with Gasteiger partial charge in [0.15, 0.2) is 11.3 Å². The first kappa shape index (κ1) is 21.7. The highest BCUT2D eigenvalue weighted by molar-refractivity contribution is 5.80. The van der Waals surface area contributed by atoms with Crippen molar-refractivity contribution in [3.63, 3.8) is 0 Å². The fourth-order valence-electron chi connectivity index (χ4n) is 4.13. The molecule has 1 N–H and O–H groups in total. The highest BCUT2D eigenvalue weighted by Crippen LogP contribution is 2.47. The van der Waals surface area contributed by atoms with Gasteiger partial charge in [-0.15, -0.1) is 10.2 Å². The molecule has 0 unspecified atom stereocenters. The zero-order valence-corrected chi connectivity index (χ0v) is 18.0. The molecular formula is C21H17F3N8O2. The van der Waals surface area contributed by atoms with E-state index in [9.17, 15) is 23.2 Å². The monoisotopic (exact) mass is 470 g/mol. The van der Waals surface area contributed by atoms with Crippen molar-refractivity contribution in [3.8, 4) is 6.07 Å². The molecule has 0 spiro atoms. The number of aromatic amines is 1. The summed E-state index contributed by atoms with van der Waals surface area (Å²) in [6.07, 6.45) is -1.95. The van der Waals surface area contributed by atoms with Crippen molar-refractivity contribution in [2.24, 2.45) is 0 Å². The molecule has 0 bridgehead atoms. The van der Waals surface area contributed by atoms with Crippen molar-refractivity contribution in [2.75, 3.05) is 0 Å². The first-order chi connectivity index (χ1) is 16.2. The molecule has 5 rings (SSSR count). The van der Waals surface area contributed by atoms with Crippen molar-refractivity contribution in [2.45, 2.75) is 50.7 Å². The van der Waals surface area contributed by atoms with Gasteiger partial charge in [-0.05, 0) is 31.4 Å². The van der Waals surface area contributed by atoms with E-state index in [1.807, 2.05) is 6.07 Å². The van der Waals surface area contributed by atoms with E-state index in [-0.39, 0.29) is 28.6 Å². The van der Waals surface area contributed by atoms with E-state index in [0.29, 0.717) is 23.2 Å². The van der Waals surface area contributed by atoms with Crippen molar-refractivity contribution in [3.05, 3.63) is 63.2 Å². The van der Waals surface area contributed by atoms with Crippen LogP contribution in [0, 0.1) is 18.3 Å². The Bertz CT molecular complexity index is 1480. The minimum atomic E-state index is -4.56. The van der Waals surface area contributed by atoms with Crippen LogP contribution in [0.5, 0.6) is 0 Å². The van der Waals surface area contributed by atoms with Gasteiger partial charge in [0.2, 0.25) is 11.8 Å². The summed E-state index contributed by atoms with van der Waals surface area (Å²) in [6, 6.07) is 3.41. The molecule has 0 aromatic carbocycles. The second-order valence-electron chi connectivity index (χ2n) is 8.15. The standard InChI is InChI=1S/C21H17F3N8O2/c1-9(11-3-6-15(26-8-11)21(22,23)24)32-18-16(14(7-25)31-32)19(33)28-17(27-18)12-4-5-13(12)20-30-29-10(2)34-20/h3,6,8-9,12-13H,4-5H2,1-2H3,(H,27,28,33)/t9-,12-,13+/m1/s1. The summed E-state index contributed by atoms with van der Waals surface area (Å²) in [7, 11) is 0. The third kappa shape index (κ3) is 3.51. The minimum absolute atomic E-state index is 0.0162. The van der Waals surface area contributed by atoms with Crippen LogP contribution in [0.2, 0.25) is 0 Å². The van der Waals surface area contributed by atoms with Gasteiger partial charge in [0.1, 0.15) is 23.0 Å². The Balaban J connectivity index is 1.57. The number of rotatable bonds is 4. The normalized spacial score (nSPS) is 19.1. The Labute approximate surface area is 189 Å². The molecule has 1 aliphatic carbocycles. The van der Waals surface area contributed by atoms with Gasteiger partial charge in [-0.3, -0.25) is 9.78 Å². The molecule has 0 saturated heterocycles. The Morgan fingerprint density at radius 3 is 2.59 bits per heavy atom. The molecule has 174 valence electrons. The number of aryl methyl sites for hydroxylation is 1. The van der Waals surface area contributed by atoms with Gasteiger partial charge < -0.3 is 9.40 Å². The molecular weight excluding hydrogens is 453 g/mol. The molecule has 10 nitrogen and oxygen atoms in total. The molecule has 13 heteroatoms. The molecule has 1 aliphatic rings. The highest BCUT2D eigenvalue weighted by atomic mass is 19.4. The van der Waals surface area contributed by atoms with E-state index < -0.39 is 23.5 Å². The van der Waals surface area contributed by atoms with Crippen LogP contribution in [0.1, 0.15) is 72.2 Å². The molecule has 1 fully saturated rings. The first-order valence-electron chi connectivity index (χ1n) is 10.4. The summed E-state index contributed by atoms with van der Waals surface area (Å²) in [6.45, 7) is 3.36. The van der Waals surface area contributed by atoms with E-state index in [2.05, 4.69) is 30.2 Å². The number of nitrogens with one attached hydrogen (secondary N) is 1. The van der Waals surface area contributed by atoms with Crippen LogP contribution in [-0.2, 0) is 6.18 Å². The van der Waals surface area contributed by atoms with Gasteiger partial charge in [0.05, 0.1) is 6.04 Å². The summed E-state index contributed by atoms with van der Waals surface area (Å²) in [5, 5.41) is 21.7. The van der Waals surface area contributed by atoms with Gasteiger partial charge >= 0.3 is 6.18 Å². The molecule has 0 aliphatic heterocycles. The van der Waals surface area contributed by atoms with E-state index in [1.165, 1.54) is 10.7 Å². The number of H-pyrrole nitrogens is 1. The lowest BCUT2D eigenvalue weighted by Gasteiger charge is -2.32. The van der Waals surface area contributed by atoms with Crippen LogP contribution in [0.25, 0.3) is 11.0 Å². The first-order valence-corrected chi connectivity index (χ1v) is 10.4. The third-order valence-electron chi connectivity index (χ3n) is 6.10. The predicted molar refractivity (Wildman–Crippen MR) is 110 cm³/mol. The second kappa shape index (κ2) is 7.75. The van der Waals surface area contributed by atoms with E-state index in [4.69, 9.17) is 4.42 Å². The van der Waals surface area contributed by atoms with Crippen LogP contribution >= 0.6 is 0 Å². The highest BCUT2D eigenvalue weighted by Gasteiger charge is 2.39. The maximum Gasteiger partial charge on any atom is 0.433 e. The molecule has 1 saturated carbocycles. The van der Waals surface area contributed by atoms with Crippen molar-refractivity contribution in [1.82, 2.24) is 34.9 Å². The Morgan fingerprint density at radius 1 is 1.26 bits per heavy atom. The van der Waals surface area contributed by atoms with Crippen LogP contribution < -0.4 is 5.56 Å². The molecule has 3 atom stereocenters. The number of pyridine rings is 1. The summed E-state index contributed by atoms with van der Waals surface area (Å²) in [5.74, 6) is 1.02. The van der Waals surface area contributed by atoms with Gasteiger partial charge in [0, 0.05) is 25.0 Å². The number of hydrogen-bond donors (Lipinski definition) is 1. The molecule has 0 radical (unpaired) electrons. The topological polar surface area (TPSA) is 139 Å². The van der Waals surface area contributed by atoms with Gasteiger partial charge in [-0.1, -0.05) is 6.07 Å². The van der Waals surface area contributed by atoms with Crippen LogP contribution in [0.4, 0.5) is 13.2 Å². The third-order valence-corrected chi connectivity index (χ3v) is 6.10. The van der Waals surface area contributed by atoms with E-state index in [1.54, 1.807) is 13.8 Å². The molecule has 34 heavy (non-hydrogen) atoms. The number of hydrogen-bond acceptors (Lipinski definition) is 8. The summed E-state index contributed by atoms with van der Waals surface area (Å²) < 4.78 is 45.5. The largest absolute Gasteiger partial charge is 0.433 e. The number of fused-ring (bicyclic) bond motifs is 1. The number of nitriles is 1. The van der Waals surface area contributed by atoms with Crippen molar-refractivity contribution in [1.29, 1.82) is 5.26 Å². The van der Waals surface area contributed by atoms with Crippen LogP contribution in [-0.4, -0.2) is 34.9 Å². The van der Waals surface area contributed by atoms with Gasteiger partial charge in [-0.25, -0.2) is 9.67 Å². The summed E-state index contributed by atoms with van der Waals surface area (Å²) in [5.41, 5.74) is -1.09. The number of alkyl halides is 3. The van der Waals surface area contributed by atoms with Gasteiger partial charge in [-0.2, -0.15) is 23.5 Å². The molecule has 4 aromatic rings. The smallest absolute Gasteiger partial charge is 0.425 e.